The first-order chi connectivity index (χ1) is 6.63. The van der Waals surface area contributed by atoms with Crippen LogP contribution in [0.3, 0.4) is 0 Å². The van der Waals surface area contributed by atoms with E-state index >= 15 is 0 Å². The van der Waals surface area contributed by atoms with Gasteiger partial charge in [-0.15, -0.1) is 0 Å². The van der Waals surface area contributed by atoms with Crippen molar-refractivity contribution in [1.29, 1.82) is 5.26 Å². The van der Waals surface area contributed by atoms with E-state index in [9.17, 15) is 0 Å². The van der Waals surface area contributed by atoms with E-state index in [2.05, 4.69) is 25.9 Å². The van der Waals surface area contributed by atoms with Crippen molar-refractivity contribution in [1.82, 2.24) is 9.97 Å². The Hall–Kier alpha value is -1.15. The first-order valence-corrected chi connectivity index (χ1v) is 4.98. The minimum atomic E-state index is 0.118. The number of hydrogen-bond donors (Lipinski definition) is 0. The molecular weight excluding hydrogens is 246 g/mol. The van der Waals surface area contributed by atoms with Crippen molar-refractivity contribution < 1.29 is 4.74 Å². The SMILES string of the molecule is CC(C)COc1nc(C#N)ncc1Br. The zero-order valence-electron chi connectivity index (χ0n) is 7.99. The molecule has 0 saturated carbocycles. The molecule has 0 aromatic carbocycles. The van der Waals surface area contributed by atoms with Gasteiger partial charge in [-0.3, -0.25) is 0 Å². The third-order valence-corrected chi connectivity index (χ3v) is 1.91. The molecule has 0 spiro atoms. The van der Waals surface area contributed by atoms with Gasteiger partial charge >= 0.3 is 0 Å². The van der Waals surface area contributed by atoms with Crippen LogP contribution in [0.4, 0.5) is 0 Å². The van der Waals surface area contributed by atoms with Gasteiger partial charge in [0, 0.05) is 6.20 Å². The molecule has 0 aliphatic rings. The van der Waals surface area contributed by atoms with Crippen LogP contribution in [0.25, 0.3) is 0 Å². The summed E-state index contributed by atoms with van der Waals surface area (Å²) in [6, 6.07) is 1.86. The van der Waals surface area contributed by atoms with Crippen molar-refractivity contribution in [3.8, 4) is 11.9 Å². The molecule has 1 aromatic rings. The standard InChI is InChI=1S/C9H10BrN3O/c1-6(2)5-14-9-7(10)4-12-8(3-11)13-9/h4,6H,5H2,1-2H3. The average molecular weight is 256 g/mol. The van der Waals surface area contributed by atoms with E-state index in [-0.39, 0.29) is 5.82 Å². The number of hydrogen-bond acceptors (Lipinski definition) is 4. The summed E-state index contributed by atoms with van der Waals surface area (Å²) >= 11 is 3.25. The van der Waals surface area contributed by atoms with Gasteiger partial charge in [0.25, 0.3) is 0 Å². The van der Waals surface area contributed by atoms with Gasteiger partial charge in [0.1, 0.15) is 6.07 Å². The number of ether oxygens (including phenoxy) is 1. The highest BCUT2D eigenvalue weighted by Crippen LogP contribution is 2.21. The highest BCUT2D eigenvalue weighted by atomic mass is 79.9. The summed E-state index contributed by atoms with van der Waals surface area (Å²) < 4.78 is 6.06. The van der Waals surface area contributed by atoms with Gasteiger partial charge in [-0.2, -0.15) is 10.2 Å². The third-order valence-electron chi connectivity index (χ3n) is 1.37. The quantitative estimate of drug-likeness (QED) is 0.831. The molecule has 0 aliphatic heterocycles. The number of nitriles is 1. The van der Waals surface area contributed by atoms with E-state index in [0.29, 0.717) is 22.9 Å². The normalized spacial score (nSPS) is 9.93. The first kappa shape index (κ1) is 10.9. The van der Waals surface area contributed by atoms with E-state index < -0.39 is 0 Å². The van der Waals surface area contributed by atoms with Crippen LogP contribution in [0.5, 0.6) is 5.88 Å². The van der Waals surface area contributed by atoms with Crippen LogP contribution in [-0.2, 0) is 0 Å². The lowest BCUT2D eigenvalue weighted by atomic mass is 10.2. The first-order valence-electron chi connectivity index (χ1n) is 4.19. The molecule has 0 unspecified atom stereocenters. The number of nitrogens with zero attached hydrogens (tertiary/aromatic N) is 3. The third kappa shape index (κ3) is 2.96. The summed E-state index contributed by atoms with van der Waals surface area (Å²) in [6.45, 7) is 4.65. The lowest BCUT2D eigenvalue weighted by Gasteiger charge is -2.08. The smallest absolute Gasteiger partial charge is 0.235 e. The molecule has 4 nitrogen and oxygen atoms in total. The molecule has 0 N–H and O–H groups in total. The molecular formula is C9H10BrN3O. The Morgan fingerprint density at radius 2 is 2.36 bits per heavy atom. The van der Waals surface area contributed by atoms with E-state index in [4.69, 9.17) is 10.00 Å². The molecule has 0 fully saturated rings. The number of rotatable bonds is 3. The van der Waals surface area contributed by atoms with E-state index in [1.165, 1.54) is 6.20 Å². The molecule has 0 bridgehead atoms. The summed E-state index contributed by atoms with van der Waals surface area (Å²) in [4.78, 5) is 7.71. The van der Waals surface area contributed by atoms with Gasteiger partial charge in [-0.05, 0) is 21.8 Å². The topological polar surface area (TPSA) is 58.8 Å². The largest absolute Gasteiger partial charge is 0.476 e. The Bertz CT molecular complexity index is 360. The van der Waals surface area contributed by atoms with Gasteiger partial charge in [-0.1, -0.05) is 13.8 Å². The van der Waals surface area contributed by atoms with Crippen LogP contribution in [-0.4, -0.2) is 16.6 Å². The zero-order chi connectivity index (χ0) is 10.6. The van der Waals surface area contributed by atoms with Crippen molar-refractivity contribution in [2.75, 3.05) is 6.61 Å². The van der Waals surface area contributed by atoms with Crippen molar-refractivity contribution in [2.45, 2.75) is 13.8 Å². The monoisotopic (exact) mass is 255 g/mol. The summed E-state index contributed by atoms with van der Waals surface area (Å²) in [5, 5.41) is 8.58. The number of halogens is 1. The maximum absolute atomic E-state index is 8.58. The minimum absolute atomic E-state index is 0.118. The fraction of sp³-hybridized carbons (Fsp3) is 0.444. The van der Waals surface area contributed by atoms with Crippen molar-refractivity contribution >= 4 is 15.9 Å². The summed E-state index contributed by atoms with van der Waals surface area (Å²) in [5.41, 5.74) is 0. The summed E-state index contributed by atoms with van der Waals surface area (Å²) in [6.07, 6.45) is 1.52. The minimum Gasteiger partial charge on any atom is -0.476 e. The van der Waals surface area contributed by atoms with Crippen LogP contribution in [0.15, 0.2) is 10.7 Å². The Morgan fingerprint density at radius 1 is 1.64 bits per heavy atom. The Balaban J connectivity index is 2.80. The Kier molecular flexibility index (Phi) is 3.84. The Labute approximate surface area is 91.1 Å². The van der Waals surface area contributed by atoms with Gasteiger partial charge in [0.2, 0.25) is 11.7 Å². The van der Waals surface area contributed by atoms with E-state index in [0.717, 1.165) is 0 Å². The molecule has 1 heterocycles. The second kappa shape index (κ2) is 4.91. The van der Waals surface area contributed by atoms with Crippen molar-refractivity contribution in [2.24, 2.45) is 5.92 Å². The average Bonchev–Trinajstić information content (AvgIpc) is 2.16. The number of aromatic nitrogens is 2. The molecule has 5 heteroatoms. The van der Waals surface area contributed by atoms with Crippen LogP contribution in [0, 0.1) is 17.2 Å². The maximum atomic E-state index is 8.58. The van der Waals surface area contributed by atoms with Crippen LogP contribution in [0.1, 0.15) is 19.7 Å². The lowest BCUT2D eigenvalue weighted by molar-refractivity contribution is 0.259. The Morgan fingerprint density at radius 3 is 2.93 bits per heavy atom. The lowest BCUT2D eigenvalue weighted by Crippen LogP contribution is -2.07. The predicted octanol–water partition coefficient (Wildman–Crippen LogP) is 2.15. The fourth-order valence-electron chi connectivity index (χ4n) is 0.752. The molecule has 0 amide bonds. The summed E-state index contributed by atoms with van der Waals surface area (Å²) in [7, 11) is 0. The summed E-state index contributed by atoms with van der Waals surface area (Å²) in [5.74, 6) is 0.958. The van der Waals surface area contributed by atoms with Crippen LogP contribution >= 0.6 is 15.9 Å². The van der Waals surface area contributed by atoms with Crippen LogP contribution in [0.2, 0.25) is 0 Å². The van der Waals surface area contributed by atoms with E-state index in [1.54, 1.807) is 0 Å². The molecule has 1 aromatic heterocycles. The highest BCUT2D eigenvalue weighted by molar-refractivity contribution is 9.10. The second-order valence-corrected chi connectivity index (χ2v) is 4.02. The highest BCUT2D eigenvalue weighted by Gasteiger charge is 2.06. The zero-order valence-corrected chi connectivity index (χ0v) is 9.58. The molecule has 0 radical (unpaired) electrons. The van der Waals surface area contributed by atoms with Gasteiger partial charge in [0.15, 0.2) is 0 Å². The predicted molar refractivity (Wildman–Crippen MR) is 54.8 cm³/mol. The fourth-order valence-corrected chi connectivity index (χ4v) is 1.06. The van der Waals surface area contributed by atoms with E-state index in [1.807, 2.05) is 19.9 Å². The molecule has 0 atom stereocenters. The molecule has 74 valence electrons. The molecule has 1 rings (SSSR count). The second-order valence-electron chi connectivity index (χ2n) is 3.16. The van der Waals surface area contributed by atoms with Crippen molar-refractivity contribution in [3.05, 3.63) is 16.5 Å². The van der Waals surface area contributed by atoms with Gasteiger partial charge < -0.3 is 4.74 Å². The van der Waals surface area contributed by atoms with Crippen molar-refractivity contribution in [3.63, 3.8) is 0 Å². The molecule has 0 aliphatic carbocycles. The van der Waals surface area contributed by atoms with Gasteiger partial charge in [0.05, 0.1) is 11.1 Å². The van der Waals surface area contributed by atoms with Gasteiger partial charge in [-0.25, -0.2) is 4.98 Å². The maximum Gasteiger partial charge on any atom is 0.235 e. The molecule has 0 saturated heterocycles. The van der Waals surface area contributed by atoms with Crippen LogP contribution < -0.4 is 4.74 Å². The molecule has 14 heavy (non-hydrogen) atoms.